The second kappa shape index (κ2) is 10.4. The van der Waals surface area contributed by atoms with Crippen LogP contribution in [0.3, 0.4) is 0 Å². The first-order valence-corrected chi connectivity index (χ1v) is 17.0. The average molecular weight is 637 g/mol. The van der Waals surface area contributed by atoms with Crippen LogP contribution in [0.5, 0.6) is 0 Å². The van der Waals surface area contributed by atoms with E-state index in [0.29, 0.717) is 5.82 Å². The number of nitrogens with one attached hydrogen (secondary N) is 1. The molecular weight excluding hydrogens is 609 g/mol. The van der Waals surface area contributed by atoms with Crippen LogP contribution in [0.15, 0.2) is 164 Å². The van der Waals surface area contributed by atoms with Crippen LogP contribution in [0, 0.1) is 0 Å². The van der Waals surface area contributed by atoms with Gasteiger partial charge in [-0.15, -0.1) is 0 Å². The zero-order chi connectivity index (χ0) is 32.8. The normalized spacial score (nSPS) is 12.0. The van der Waals surface area contributed by atoms with Crippen molar-refractivity contribution in [3.05, 3.63) is 164 Å². The van der Waals surface area contributed by atoms with Gasteiger partial charge in [0.25, 0.3) is 0 Å². The number of aromatic amines is 1. The van der Waals surface area contributed by atoms with Crippen LogP contribution in [0.4, 0.5) is 0 Å². The van der Waals surface area contributed by atoms with Crippen LogP contribution in [0.25, 0.3) is 104 Å². The Balaban J connectivity index is 1.27. The lowest BCUT2D eigenvalue weighted by Gasteiger charge is -2.15. The number of fused-ring (bicyclic) bond motifs is 11. The fraction of sp³-hybridized carbons (Fsp3) is 0. The Hall–Kier alpha value is -6.78. The number of nitrogens with zero attached hydrogens (tertiary/aromatic N) is 3. The molecule has 0 amide bonds. The summed E-state index contributed by atoms with van der Waals surface area (Å²) in [4.78, 5) is 14.6. The molecule has 0 bridgehead atoms. The monoisotopic (exact) mass is 636 g/mol. The van der Waals surface area contributed by atoms with E-state index < -0.39 is 0 Å². The van der Waals surface area contributed by atoms with E-state index in [0.717, 1.165) is 60.7 Å². The van der Waals surface area contributed by atoms with Crippen molar-refractivity contribution in [2.75, 3.05) is 0 Å². The molecule has 0 aliphatic rings. The van der Waals surface area contributed by atoms with Gasteiger partial charge in [-0.1, -0.05) is 127 Å². The molecule has 11 rings (SSSR count). The molecule has 0 radical (unpaired) electrons. The molecule has 232 valence electrons. The average Bonchev–Trinajstić information content (AvgIpc) is 3.74. The molecule has 0 aliphatic heterocycles. The van der Waals surface area contributed by atoms with Crippen molar-refractivity contribution in [1.29, 1.82) is 0 Å². The molecule has 0 saturated carbocycles. The molecule has 0 fully saturated rings. The summed E-state index contributed by atoms with van der Waals surface area (Å²) in [5, 5.41) is 10.7. The Morgan fingerprint density at radius 1 is 0.420 bits per heavy atom. The van der Waals surface area contributed by atoms with Crippen molar-refractivity contribution >= 4 is 76.1 Å². The van der Waals surface area contributed by atoms with Crippen molar-refractivity contribution in [3.8, 4) is 28.3 Å². The zero-order valence-electron chi connectivity index (χ0n) is 26.9. The lowest BCUT2D eigenvalue weighted by atomic mass is 9.96. The van der Waals surface area contributed by atoms with E-state index in [1.807, 2.05) is 0 Å². The van der Waals surface area contributed by atoms with E-state index in [9.17, 15) is 0 Å². The quantitative estimate of drug-likeness (QED) is 0.210. The summed E-state index contributed by atoms with van der Waals surface area (Å²) in [5.41, 5.74) is 9.59. The Labute approximate surface area is 286 Å². The second-order valence-corrected chi connectivity index (χ2v) is 13.0. The fourth-order valence-electron chi connectivity index (χ4n) is 8.18. The van der Waals surface area contributed by atoms with Gasteiger partial charge in [-0.25, -0.2) is 9.97 Å². The predicted molar refractivity (Wildman–Crippen MR) is 209 cm³/mol. The minimum absolute atomic E-state index is 0.714. The molecule has 0 spiro atoms. The third-order valence-electron chi connectivity index (χ3n) is 10.3. The number of para-hydroxylation sites is 4. The second-order valence-electron chi connectivity index (χ2n) is 13.0. The van der Waals surface area contributed by atoms with E-state index >= 15 is 0 Å². The van der Waals surface area contributed by atoms with Gasteiger partial charge in [0.15, 0.2) is 5.82 Å². The van der Waals surface area contributed by atoms with Gasteiger partial charge >= 0.3 is 0 Å². The van der Waals surface area contributed by atoms with E-state index in [1.54, 1.807) is 0 Å². The van der Waals surface area contributed by atoms with Gasteiger partial charge in [-0.3, -0.25) is 0 Å². The maximum Gasteiger partial charge on any atom is 0.161 e. The zero-order valence-corrected chi connectivity index (χ0v) is 26.9. The van der Waals surface area contributed by atoms with Crippen molar-refractivity contribution in [1.82, 2.24) is 19.5 Å². The molecule has 4 nitrogen and oxygen atoms in total. The van der Waals surface area contributed by atoms with Crippen molar-refractivity contribution in [2.45, 2.75) is 0 Å². The van der Waals surface area contributed by atoms with Gasteiger partial charge in [-0.2, -0.15) is 0 Å². The molecular formula is C46H28N4. The number of benzene rings is 8. The predicted octanol–water partition coefficient (Wildman–Crippen LogP) is 12.0. The van der Waals surface area contributed by atoms with E-state index in [1.165, 1.54) is 37.8 Å². The molecule has 0 unspecified atom stereocenters. The van der Waals surface area contributed by atoms with Crippen LogP contribution in [-0.4, -0.2) is 19.5 Å². The van der Waals surface area contributed by atoms with Crippen LogP contribution in [0.1, 0.15) is 0 Å². The summed E-state index contributed by atoms with van der Waals surface area (Å²) in [7, 11) is 0. The fourth-order valence-corrected chi connectivity index (χ4v) is 8.18. The summed E-state index contributed by atoms with van der Waals surface area (Å²) in [5.74, 6) is 0.714. The highest BCUT2D eigenvalue weighted by atomic mass is 15.0. The maximum atomic E-state index is 5.55. The third kappa shape index (κ3) is 3.81. The minimum Gasteiger partial charge on any atom is -0.354 e. The number of H-pyrrole nitrogens is 1. The largest absolute Gasteiger partial charge is 0.354 e. The van der Waals surface area contributed by atoms with Crippen LogP contribution >= 0.6 is 0 Å². The molecule has 4 heteroatoms. The van der Waals surface area contributed by atoms with Gasteiger partial charge in [0.1, 0.15) is 0 Å². The molecule has 1 N–H and O–H groups in total. The van der Waals surface area contributed by atoms with Gasteiger partial charge in [0, 0.05) is 60.2 Å². The highest BCUT2D eigenvalue weighted by Gasteiger charge is 2.21. The molecule has 0 aliphatic carbocycles. The third-order valence-corrected chi connectivity index (χ3v) is 10.3. The first-order chi connectivity index (χ1) is 24.8. The molecule has 0 saturated heterocycles. The Morgan fingerprint density at radius 2 is 1.08 bits per heavy atom. The standard InChI is InChI=1S/C46H28N4/c1-2-14-30(15-3-1)50-40-23-9-7-17-32(40)33-19-11-21-36(45(33)50)44-34-18-6-8-22-37(34)48-46(49-44)35-20-10-13-29-25-27-39-43(41(29)35)42-31-16-5-4-12-28(31)24-26-38(42)47-39/h1-27,47H. The first kappa shape index (κ1) is 27.2. The molecule has 11 aromatic rings. The summed E-state index contributed by atoms with van der Waals surface area (Å²) < 4.78 is 2.38. The Morgan fingerprint density at radius 3 is 1.98 bits per heavy atom. The molecule has 8 aromatic carbocycles. The summed E-state index contributed by atoms with van der Waals surface area (Å²) in [6.07, 6.45) is 0. The molecule has 50 heavy (non-hydrogen) atoms. The number of aromatic nitrogens is 4. The van der Waals surface area contributed by atoms with Gasteiger partial charge < -0.3 is 9.55 Å². The van der Waals surface area contributed by atoms with Gasteiger partial charge in [-0.05, 0) is 52.6 Å². The SMILES string of the molecule is c1ccc(-n2c3ccccc3c3cccc(-c4nc(-c5cccc6ccc7[nH]c8ccc9ccccc9c8c7c56)nc5ccccc45)c32)cc1. The number of hydrogen-bond acceptors (Lipinski definition) is 2. The van der Waals surface area contributed by atoms with Gasteiger partial charge in [0.05, 0.1) is 22.2 Å². The molecule has 3 heterocycles. The first-order valence-electron chi connectivity index (χ1n) is 17.0. The Kier molecular flexibility index (Phi) is 5.63. The highest BCUT2D eigenvalue weighted by Crippen LogP contribution is 2.43. The summed E-state index contributed by atoms with van der Waals surface area (Å²) in [6, 6.07) is 58.3. The topological polar surface area (TPSA) is 46.5 Å². The van der Waals surface area contributed by atoms with Crippen LogP contribution in [0.2, 0.25) is 0 Å². The minimum atomic E-state index is 0.714. The lowest BCUT2D eigenvalue weighted by molar-refractivity contribution is 1.17. The smallest absolute Gasteiger partial charge is 0.161 e. The van der Waals surface area contributed by atoms with Crippen molar-refractivity contribution < 1.29 is 0 Å². The number of hydrogen-bond donors (Lipinski definition) is 1. The van der Waals surface area contributed by atoms with E-state index in [2.05, 4.69) is 173 Å². The molecule has 0 atom stereocenters. The Bertz CT molecular complexity index is 3150. The van der Waals surface area contributed by atoms with Crippen molar-refractivity contribution in [3.63, 3.8) is 0 Å². The molecule has 3 aromatic heterocycles. The summed E-state index contributed by atoms with van der Waals surface area (Å²) in [6.45, 7) is 0. The highest BCUT2D eigenvalue weighted by molar-refractivity contribution is 6.29. The maximum absolute atomic E-state index is 5.55. The van der Waals surface area contributed by atoms with Crippen LogP contribution < -0.4 is 0 Å². The lowest BCUT2D eigenvalue weighted by Crippen LogP contribution is -1.99. The number of rotatable bonds is 3. The summed E-state index contributed by atoms with van der Waals surface area (Å²) >= 11 is 0. The van der Waals surface area contributed by atoms with Gasteiger partial charge in [0.2, 0.25) is 0 Å². The van der Waals surface area contributed by atoms with E-state index in [-0.39, 0.29) is 0 Å². The van der Waals surface area contributed by atoms with Crippen LogP contribution in [-0.2, 0) is 0 Å². The van der Waals surface area contributed by atoms with Crippen molar-refractivity contribution in [2.24, 2.45) is 0 Å². The van der Waals surface area contributed by atoms with E-state index in [4.69, 9.17) is 9.97 Å².